The van der Waals surface area contributed by atoms with E-state index in [1.807, 2.05) is 0 Å². The smallest absolute Gasteiger partial charge is 0.330 e. The third-order valence-corrected chi connectivity index (χ3v) is 5.18. The van der Waals surface area contributed by atoms with Crippen LogP contribution in [0.1, 0.15) is 22.5 Å². The van der Waals surface area contributed by atoms with Crippen molar-refractivity contribution in [2.24, 2.45) is 0 Å². The topological polar surface area (TPSA) is 84.2 Å². The predicted octanol–water partition coefficient (Wildman–Crippen LogP) is 2.01. The van der Waals surface area contributed by atoms with Crippen LogP contribution in [0.4, 0.5) is 4.39 Å². The van der Waals surface area contributed by atoms with Crippen LogP contribution in [0.3, 0.4) is 0 Å². The van der Waals surface area contributed by atoms with Crippen LogP contribution in [0.25, 0.3) is 5.69 Å². The second-order valence-electron chi connectivity index (χ2n) is 5.73. The van der Waals surface area contributed by atoms with Gasteiger partial charge in [-0.25, -0.2) is 13.9 Å². The number of aromatic nitrogens is 2. The molecule has 1 atom stereocenters. The van der Waals surface area contributed by atoms with Crippen molar-refractivity contribution in [3.05, 3.63) is 47.5 Å². The molecule has 1 aliphatic rings. The zero-order valence-electron chi connectivity index (χ0n) is 13.0. The van der Waals surface area contributed by atoms with Crippen molar-refractivity contribution in [3.8, 4) is 5.69 Å². The van der Waals surface area contributed by atoms with Gasteiger partial charge in [-0.05, 0) is 43.4 Å². The zero-order chi connectivity index (χ0) is 17.3. The van der Waals surface area contributed by atoms with Crippen LogP contribution in [0.5, 0.6) is 0 Å². The summed E-state index contributed by atoms with van der Waals surface area (Å²) in [5.41, 5.74) is 0.149. The minimum absolute atomic E-state index is 0.164. The van der Waals surface area contributed by atoms with E-state index < -0.39 is 17.4 Å². The average molecular weight is 349 g/mol. The number of carboxylic acid groups (broad SMARTS) is 1. The van der Waals surface area contributed by atoms with E-state index in [0.29, 0.717) is 29.2 Å². The lowest BCUT2D eigenvalue weighted by atomic mass is 9.99. The highest BCUT2D eigenvalue weighted by atomic mass is 32.2. The van der Waals surface area contributed by atoms with Gasteiger partial charge < -0.3 is 10.4 Å². The van der Waals surface area contributed by atoms with Gasteiger partial charge in [-0.15, -0.1) is 0 Å². The van der Waals surface area contributed by atoms with Gasteiger partial charge in [0.15, 0.2) is 5.69 Å². The maximum atomic E-state index is 13.0. The number of aliphatic carboxylic acids is 1. The first-order valence-corrected chi connectivity index (χ1v) is 8.53. The normalized spacial score (nSPS) is 20.1. The number of aryl methyl sites for hydroxylation is 1. The molecule has 1 aromatic heterocycles. The molecule has 1 aromatic carbocycles. The molecule has 2 heterocycles. The highest BCUT2D eigenvalue weighted by Crippen LogP contribution is 2.28. The summed E-state index contributed by atoms with van der Waals surface area (Å²) in [5, 5.41) is 16.3. The van der Waals surface area contributed by atoms with Crippen molar-refractivity contribution >= 4 is 23.6 Å². The van der Waals surface area contributed by atoms with Gasteiger partial charge in [0.05, 0.1) is 5.69 Å². The Labute approximate surface area is 142 Å². The molecule has 0 aliphatic carbocycles. The Hall–Kier alpha value is -2.35. The Morgan fingerprint density at radius 2 is 2.08 bits per heavy atom. The molecule has 1 unspecified atom stereocenters. The Morgan fingerprint density at radius 1 is 1.38 bits per heavy atom. The number of nitrogens with one attached hydrogen (secondary N) is 1. The van der Waals surface area contributed by atoms with Crippen LogP contribution in [0.2, 0.25) is 0 Å². The van der Waals surface area contributed by atoms with Gasteiger partial charge in [-0.3, -0.25) is 4.79 Å². The summed E-state index contributed by atoms with van der Waals surface area (Å²) in [7, 11) is 0. The lowest BCUT2D eigenvalue weighted by Gasteiger charge is -2.24. The van der Waals surface area contributed by atoms with E-state index >= 15 is 0 Å². The fourth-order valence-corrected chi connectivity index (χ4v) is 3.90. The zero-order valence-corrected chi connectivity index (χ0v) is 13.8. The van der Waals surface area contributed by atoms with E-state index in [-0.39, 0.29) is 11.5 Å². The molecule has 3 rings (SSSR count). The summed E-state index contributed by atoms with van der Waals surface area (Å²) in [6.45, 7) is 1.72. The highest BCUT2D eigenvalue weighted by Gasteiger charge is 2.43. The standard InChI is InChI=1S/C16H16FN3O3S/c1-10-8-20(12-4-2-11(17)3-5-12)19-13(10)14(21)18-16(15(22)23)6-7-24-9-16/h2-5,8H,6-7,9H2,1H3,(H,18,21)(H,22,23). The number of carbonyl (C=O) groups is 2. The Kier molecular flexibility index (Phi) is 4.31. The van der Waals surface area contributed by atoms with Crippen LogP contribution in [0, 0.1) is 12.7 Å². The number of carboxylic acids is 1. The summed E-state index contributed by atoms with van der Waals surface area (Å²) >= 11 is 1.50. The summed E-state index contributed by atoms with van der Waals surface area (Å²) in [4.78, 5) is 24.1. The molecule has 0 bridgehead atoms. The first-order chi connectivity index (χ1) is 11.4. The number of rotatable bonds is 4. The van der Waals surface area contributed by atoms with Crippen LogP contribution in [-0.4, -0.2) is 43.8 Å². The number of hydrogen-bond acceptors (Lipinski definition) is 4. The molecule has 1 aliphatic heterocycles. The molecule has 1 amide bonds. The number of halogens is 1. The van der Waals surface area contributed by atoms with E-state index in [2.05, 4.69) is 10.4 Å². The monoisotopic (exact) mass is 349 g/mol. The fraction of sp³-hybridized carbons (Fsp3) is 0.312. The molecule has 24 heavy (non-hydrogen) atoms. The van der Waals surface area contributed by atoms with E-state index in [1.165, 1.54) is 28.6 Å². The Morgan fingerprint density at radius 3 is 2.67 bits per heavy atom. The predicted molar refractivity (Wildman–Crippen MR) is 88.0 cm³/mol. The molecule has 8 heteroatoms. The minimum Gasteiger partial charge on any atom is -0.479 e. The van der Waals surface area contributed by atoms with Crippen LogP contribution >= 0.6 is 11.8 Å². The number of carbonyl (C=O) groups excluding carboxylic acids is 1. The molecule has 126 valence electrons. The molecular weight excluding hydrogens is 333 g/mol. The van der Waals surface area contributed by atoms with Crippen molar-refractivity contribution in [2.75, 3.05) is 11.5 Å². The van der Waals surface area contributed by atoms with Crippen LogP contribution in [-0.2, 0) is 4.79 Å². The minimum atomic E-state index is -1.24. The van der Waals surface area contributed by atoms with E-state index in [0.717, 1.165) is 0 Å². The fourth-order valence-electron chi connectivity index (χ4n) is 2.57. The van der Waals surface area contributed by atoms with Crippen LogP contribution < -0.4 is 5.32 Å². The Bertz CT molecular complexity index is 782. The lowest BCUT2D eigenvalue weighted by Crippen LogP contribution is -2.55. The summed E-state index contributed by atoms with van der Waals surface area (Å²) in [6, 6.07) is 5.72. The van der Waals surface area contributed by atoms with E-state index in [9.17, 15) is 19.1 Å². The van der Waals surface area contributed by atoms with E-state index in [1.54, 1.807) is 25.3 Å². The maximum absolute atomic E-state index is 13.0. The van der Waals surface area contributed by atoms with Crippen molar-refractivity contribution < 1.29 is 19.1 Å². The number of benzene rings is 1. The number of amides is 1. The van der Waals surface area contributed by atoms with Gasteiger partial charge in [0.1, 0.15) is 11.4 Å². The Balaban J connectivity index is 1.85. The molecule has 0 radical (unpaired) electrons. The van der Waals surface area contributed by atoms with Gasteiger partial charge >= 0.3 is 5.97 Å². The molecule has 0 spiro atoms. The second-order valence-corrected chi connectivity index (χ2v) is 6.83. The van der Waals surface area contributed by atoms with Crippen molar-refractivity contribution in [1.29, 1.82) is 0 Å². The molecule has 6 nitrogen and oxygen atoms in total. The third kappa shape index (κ3) is 3.01. The number of nitrogens with zero attached hydrogens (tertiary/aromatic N) is 2. The van der Waals surface area contributed by atoms with Crippen molar-refractivity contribution in [3.63, 3.8) is 0 Å². The van der Waals surface area contributed by atoms with Crippen LogP contribution in [0.15, 0.2) is 30.5 Å². The highest BCUT2D eigenvalue weighted by molar-refractivity contribution is 7.99. The molecule has 2 N–H and O–H groups in total. The first-order valence-electron chi connectivity index (χ1n) is 7.37. The van der Waals surface area contributed by atoms with Gasteiger partial charge in [0.2, 0.25) is 0 Å². The SMILES string of the molecule is Cc1cn(-c2ccc(F)cc2)nc1C(=O)NC1(C(=O)O)CCSC1. The van der Waals surface area contributed by atoms with Crippen molar-refractivity contribution in [1.82, 2.24) is 15.1 Å². The second kappa shape index (κ2) is 6.27. The third-order valence-electron chi connectivity index (χ3n) is 3.99. The van der Waals surface area contributed by atoms with Crippen molar-refractivity contribution in [2.45, 2.75) is 18.9 Å². The van der Waals surface area contributed by atoms with E-state index in [4.69, 9.17) is 0 Å². The summed E-state index contributed by atoms with van der Waals surface area (Å²) in [6.07, 6.45) is 2.04. The average Bonchev–Trinajstić information content (AvgIpc) is 3.16. The van der Waals surface area contributed by atoms with Gasteiger partial charge in [-0.1, -0.05) is 0 Å². The molecule has 1 saturated heterocycles. The van der Waals surface area contributed by atoms with Gasteiger partial charge in [0.25, 0.3) is 5.91 Å². The molecule has 0 saturated carbocycles. The first kappa shape index (κ1) is 16.5. The van der Waals surface area contributed by atoms with Gasteiger partial charge in [-0.2, -0.15) is 16.9 Å². The maximum Gasteiger partial charge on any atom is 0.330 e. The molecule has 1 fully saturated rings. The number of hydrogen-bond donors (Lipinski definition) is 2. The quantitative estimate of drug-likeness (QED) is 0.882. The molecular formula is C16H16FN3O3S. The van der Waals surface area contributed by atoms with Gasteiger partial charge in [0, 0.05) is 17.5 Å². The largest absolute Gasteiger partial charge is 0.479 e. The number of thioether (sulfide) groups is 1. The summed E-state index contributed by atoms with van der Waals surface area (Å²) in [5.74, 6) is -0.876. The lowest BCUT2D eigenvalue weighted by molar-refractivity contribution is -0.143. The molecule has 2 aromatic rings. The summed E-state index contributed by atoms with van der Waals surface area (Å²) < 4.78 is 14.5.